The van der Waals surface area contributed by atoms with Crippen LogP contribution in [0.1, 0.15) is 36.0 Å². The van der Waals surface area contributed by atoms with Gasteiger partial charge in [0, 0.05) is 29.9 Å². The van der Waals surface area contributed by atoms with Gasteiger partial charge in [0.1, 0.15) is 36.0 Å². The maximum atomic E-state index is 14.1. The van der Waals surface area contributed by atoms with E-state index in [9.17, 15) is 48.6 Å². The van der Waals surface area contributed by atoms with E-state index in [1.54, 1.807) is 61.0 Å². The molecular weight excluding hydrogens is 891 g/mol. The molecule has 4 aromatic rings. The van der Waals surface area contributed by atoms with Gasteiger partial charge in [-0.15, -0.1) is 0 Å². The number of nitrogens with two attached hydrogens (primary N) is 2. The van der Waals surface area contributed by atoms with E-state index in [-0.39, 0.29) is 37.9 Å². The van der Waals surface area contributed by atoms with E-state index in [2.05, 4.69) is 36.9 Å². The van der Waals surface area contributed by atoms with E-state index in [1.807, 2.05) is 24.5 Å². The van der Waals surface area contributed by atoms with Crippen molar-refractivity contribution in [1.82, 2.24) is 36.9 Å². The predicted octanol–water partition coefficient (Wildman–Crippen LogP) is 0.235. The van der Waals surface area contributed by atoms with Gasteiger partial charge in [0.15, 0.2) is 0 Å². The smallest absolute Gasteiger partial charge is 0.326 e. The van der Waals surface area contributed by atoms with Crippen LogP contribution < -0.4 is 43.4 Å². The summed E-state index contributed by atoms with van der Waals surface area (Å²) in [5, 5.41) is 35.6. The maximum Gasteiger partial charge on any atom is 0.326 e. The molecule has 66 heavy (non-hydrogen) atoms. The number of rotatable bonds is 27. The number of phenols is 1. The molecule has 0 radical (unpaired) electrons. The monoisotopic (exact) mass is 947 g/mol. The lowest BCUT2D eigenvalue weighted by Gasteiger charge is -2.25. The van der Waals surface area contributed by atoms with Crippen molar-refractivity contribution in [3.8, 4) is 5.75 Å². The number of carbonyl (C=O) groups is 8. The molecular formula is C45H57N9O10S2. The number of hydrogen-bond acceptors (Lipinski definition) is 12. The molecule has 0 aliphatic carbocycles. The Hall–Kier alpha value is -6.58. The van der Waals surface area contributed by atoms with Gasteiger partial charge in [0.2, 0.25) is 41.4 Å². The van der Waals surface area contributed by atoms with Crippen LogP contribution in [0.5, 0.6) is 5.75 Å². The molecule has 19 nitrogen and oxygen atoms in total. The van der Waals surface area contributed by atoms with Gasteiger partial charge in [-0.25, -0.2) is 4.79 Å². The highest BCUT2D eigenvalue weighted by Gasteiger charge is 2.32. The third kappa shape index (κ3) is 16.8. The Morgan fingerprint density at radius 3 is 1.82 bits per heavy atom. The minimum absolute atomic E-state index is 0.0314. The number of para-hydroxylation sites is 1. The first kappa shape index (κ1) is 52.0. The SMILES string of the molecule is CSCC[C@H](NC(=O)[C@H](Cc1c[nH]c2ccccc12)NC(=O)CNC(=O)[C@H](CCSC)NC(=O)[C@@H](N)Cc1ccc(O)cc1)C(=O)N[C@@H](CC(=O)N[C@@H](Cc1ccccc1)C(N)=O)C(=O)O. The molecule has 6 atom stereocenters. The fourth-order valence-corrected chi connectivity index (χ4v) is 7.73. The van der Waals surface area contributed by atoms with Crippen molar-refractivity contribution in [2.45, 2.75) is 74.8 Å². The minimum Gasteiger partial charge on any atom is -0.508 e. The predicted molar refractivity (Wildman–Crippen MR) is 252 cm³/mol. The molecule has 3 aromatic carbocycles. The van der Waals surface area contributed by atoms with Crippen LogP contribution in [0, 0.1) is 0 Å². The number of aromatic amines is 1. The number of phenolic OH excluding ortho intramolecular Hbond substituents is 1. The first-order valence-electron chi connectivity index (χ1n) is 21.0. The van der Waals surface area contributed by atoms with Gasteiger partial charge in [-0.1, -0.05) is 60.7 Å². The Morgan fingerprint density at radius 2 is 1.18 bits per heavy atom. The normalized spacial score (nSPS) is 13.7. The number of nitrogens with one attached hydrogen (secondary N) is 7. The van der Waals surface area contributed by atoms with Crippen molar-refractivity contribution < 1.29 is 48.6 Å². The Morgan fingerprint density at radius 1 is 0.621 bits per heavy atom. The molecule has 1 aromatic heterocycles. The Kier molecular flexibility index (Phi) is 20.8. The fourth-order valence-electron chi connectivity index (χ4n) is 6.79. The number of thioether (sulfide) groups is 2. The van der Waals surface area contributed by atoms with Gasteiger partial charge < -0.3 is 58.6 Å². The van der Waals surface area contributed by atoms with Crippen LogP contribution in [0.2, 0.25) is 0 Å². The van der Waals surface area contributed by atoms with Crippen LogP contribution >= 0.6 is 23.5 Å². The summed E-state index contributed by atoms with van der Waals surface area (Å²) in [6.07, 6.45) is 4.87. The topological polar surface area (TPSA) is 317 Å². The Bertz CT molecular complexity index is 2300. The van der Waals surface area contributed by atoms with E-state index >= 15 is 0 Å². The molecule has 0 bridgehead atoms. The van der Waals surface area contributed by atoms with Crippen LogP contribution in [0.4, 0.5) is 0 Å². The number of primary amides is 1. The van der Waals surface area contributed by atoms with Crippen molar-refractivity contribution in [3.63, 3.8) is 0 Å². The van der Waals surface area contributed by atoms with Crippen LogP contribution in [0.25, 0.3) is 10.9 Å². The van der Waals surface area contributed by atoms with E-state index in [1.165, 1.54) is 35.7 Å². The average molecular weight is 948 g/mol. The molecule has 0 fully saturated rings. The van der Waals surface area contributed by atoms with Gasteiger partial charge in [-0.2, -0.15) is 23.5 Å². The molecule has 0 spiro atoms. The lowest BCUT2D eigenvalue weighted by molar-refractivity contribution is -0.144. The molecule has 0 saturated carbocycles. The van der Waals surface area contributed by atoms with Crippen LogP contribution in [0.15, 0.2) is 85.1 Å². The van der Waals surface area contributed by atoms with Gasteiger partial charge >= 0.3 is 5.97 Å². The molecule has 0 aliphatic rings. The van der Waals surface area contributed by atoms with E-state index in [4.69, 9.17) is 11.5 Å². The third-order valence-electron chi connectivity index (χ3n) is 10.4. The fraction of sp³-hybridized carbons (Fsp3) is 0.378. The highest BCUT2D eigenvalue weighted by Crippen LogP contribution is 2.20. The van der Waals surface area contributed by atoms with E-state index in [0.29, 0.717) is 28.2 Å². The minimum atomic E-state index is -1.76. The number of hydrogen-bond donors (Lipinski definition) is 11. The van der Waals surface area contributed by atoms with Crippen molar-refractivity contribution in [1.29, 1.82) is 0 Å². The van der Waals surface area contributed by atoms with E-state index < -0.39 is 96.5 Å². The second-order valence-electron chi connectivity index (χ2n) is 15.4. The number of carboxylic acids is 1. The first-order valence-corrected chi connectivity index (χ1v) is 23.8. The summed E-state index contributed by atoms with van der Waals surface area (Å²) in [6, 6.07) is 14.5. The molecule has 0 saturated heterocycles. The van der Waals surface area contributed by atoms with Crippen molar-refractivity contribution in [2.24, 2.45) is 11.5 Å². The highest BCUT2D eigenvalue weighted by molar-refractivity contribution is 7.98. The van der Waals surface area contributed by atoms with Crippen molar-refractivity contribution >= 4 is 81.7 Å². The molecule has 0 aliphatic heterocycles. The van der Waals surface area contributed by atoms with Gasteiger partial charge in [0.05, 0.1) is 19.0 Å². The molecule has 1 heterocycles. The van der Waals surface area contributed by atoms with Crippen LogP contribution in [-0.4, -0.2) is 129 Å². The number of carbonyl (C=O) groups excluding carboxylic acids is 7. The van der Waals surface area contributed by atoms with Gasteiger partial charge in [-0.3, -0.25) is 33.6 Å². The van der Waals surface area contributed by atoms with Crippen LogP contribution in [0.3, 0.4) is 0 Å². The lowest BCUT2D eigenvalue weighted by atomic mass is 10.0. The molecule has 21 heteroatoms. The zero-order chi connectivity index (χ0) is 48.2. The zero-order valence-electron chi connectivity index (χ0n) is 36.5. The Labute approximate surface area is 390 Å². The number of carboxylic acid groups (broad SMARTS) is 1. The maximum absolute atomic E-state index is 14.1. The summed E-state index contributed by atoms with van der Waals surface area (Å²) in [5.41, 5.74) is 14.4. The lowest BCUT2D eigenvalue weighted by Crippen LogP contribution is -2.58. The molecule has 354 valence electrons. The van der Waals surface area contributed by atoms with Gasteiger partial charge in [-0.05, 0) is 78.2 Å². The third-order valence-corrected chi connectivity index (χ3v) is 11.6. The molecule has 7 amide bonds. The second-order valence-corrected chi connectivity index (χ2v) is 17.4. The van der Waals surface area contributed by atoms with Crippen molar-refractivity contribution in [3.05, 3.63) is 102 Å². The number of amides is 7. The number of aliphatic carboxylic acids is 1. The van der Waals surface area contributed by atoms with E-state index in [0.717, 1.165) is 10.9 Å². The summed E-state index contributed by atoms with van der Waals surface area (Å²) in [7, 11) is 0. The van der Waals surface area contributed by atoms with Crippen molar-refractivity contribution in [2.75, 3.05) is 30.6 Å². The van der Waals surface area contributed by atoms with Gasteiger partial charge in [0.25, 0.3) is 0 Å². The second kappa shape index (κ2) is 26.4. The molecule has 4 rings (SSSR count). The summed E-state index contributed by atoms with van der Waals surface area (Å²) < 4.78 is 0. The first-order chi connectivity index (χ1) is 31.6. The summed E-state index contributed by atoms with van der Waals surface area (Å²) >= 11 is 2.80. The largest absolute Gasteiger partial charge is 0.508 e. The number of fused-ring (bicyclic) bond motifs is 1. The average Bonchev–Trinajstić information content (AvgIpc) is 3.70. The summed E-state index contributed by atoms with van der Waals surface area (Å²) in [4.78, 5) is 109. The Balaban J connectivity index is 1.45. The number of aromatic nitrogens is 1. The number of H-pyrrole nitrogens is 1. The summed E-state index contributed by atoms with van der Waals surface area (Å²) in [5.74, 6) is -6.13. The standard InChI is InChI=1S/C45H57N9O10S2/c1-65-18-16-33(52-41(59)31(46)20-27-12-14-29(55)15-13-27)42(60)49-25-39(57)51-36(22-28-24-48-32-11-7-6-10-30(28)32)44(62)53-34(17-19-66-2)43(61)54-37(45(63)64)23-38(56)50-35(40(47)58)21-26-8-4-3-5-9-26/h3-15,24,31,33-37,48,55H,16-23,25,46H2,1-2H3,(H2,47,58)(H,49,60)(H,50,56)(H,51,57)(H,52,59)(H,53,62)(H,54,61)(H,63,64)/t31-,33-,34-,35-,36-,37-/m0/s1. The molecule has 0 unspecified atom stereocenters. The number of benzene rings is 3. The number of aromatic hydroxyl groups is 1. The zero-order valence-corrected chi connectivity index (χ0v) is 38.2. The summed E-state index contributed by atoms with van der Waals surface area (Å²) in [6.45, 7) is -0.595. The quantitative estimate of drug-likeness (QED) is 0.0382. The highest BCUT2D eigenvalue weighted by atomic mass is 32.2. The van der Waals surface area contributed by atoms with Crippen LogP contribution in [-0.2, 0) is 57.6 Å². The molecule has 13 N–H and O–H groups in total.